The molecule has 19 heavy (non-hydrogen) atoms. The molecule has 0 spiro atoms. The molecule has 0 unspecified atom stereocenters. The Morgan fingerprint density at radius 3 is 2.68 bits per heavy atom. The van der Waals surface area contributed by atoms with E-state index in [-0.39, 0.29) is 0 Å². The van der Waals surface area contributed by atoms with E-state index < -0.39 is 10.0 Å². The van der Waals surface area contributed by atoms with Crippen molar-refractivity contribution in [2.45, 2.75) is 19.9 Å². The predicted molar refractivity (Wildman–Crippen MR) is 85.4 cm³/mol. The summed E-state index contributed by atoms with van der Waals surface area (Å²) in [7, 11) is -3.07. The topological polar surface area (TPSA) is 49.4 Å². The molecule has 110 valence electrons. The monoisotopic (exact) mass is 388 g/mol. The summed E-state index contributed by atoms with van der Waals surface area (Å²) in [4.78, 5) is 1.16. The normalized spacial score (nSPS) is 12.3. The van der Waals surface area contributed by atoms with E-state index in [1.807, 2.05) is 13.0 Å². The minimum absolute atomic E-state index is 0.520. The Kier molecular flexibility index (Phi) is 7.28. The molecular weight excluding hydrogens is 372 g/mol. The van der Waals surface area contributed by atoms with Crippen LogP contribution in [-0.4, -0.2) is 38.6 Å². The molecule has 0 saturated heterocycles. The second-order valence-electron chi connectivity index (χ2n) is 4.12. The van der Waals surface area contributed by atoms with Gasteiger partial charge in [-0.05, 0) is 35.0 Å². The van der Waals surface area contributed by atoms with Crippen molar-refractivity contribution in [3.8, 4) is 0 Å². The van der Waals surface area contributed by atoms with Crippen LogP contribution in [0.4, 0.5) is 0 Å². The van der Waals surface area contributed by atoms with Crippen LogP contribution < -0.4 is 5.32 Å². The van der Waals surface area contributed by atoms with E-state index >= 15 is 0 Å². The van der Waals surface area contributed by atoms with Gasteiger partial charge >= 0.3 is 0 Å². The Labute approximate surface area is 132 Å². The van der Waals surface area contributed by atoms with Gasteiger partial charge in [-0.2, -0.15) is 0 Å². The van der Waals surface area contributed by atoms with Crippen molar-refractivity contribution in [2.75, 3.05) is 25.9 Å². The largest absolute Gasteiger partial charge is 0.312 e. The zero-order valence-corrected chi connectivity index (χ0v) is 14.9. The van der Waals surface area contributed by atoms with Crippen LogP contribution >= 0.6 is 38.9 Å². The Hall–Kier alpha value is 0.340. The third-order valence-corrected chi connectivity index (χ3v) is 6.43. The van der Waals surface area contributed by atoms with Gasteiger partial charge < -0.3 is 5.32 Å². The van der Waals surface area contributed by atoms with Gasteiger partial charge in [-0.1, -0.05) is 18.5 Å². The summed E-state index contributed by atoms with van der Waals surface area (Å²) in [6, 6.07) is 1.99. The lowest BCUT2D eigenvalue weighted by atomic mass is 10.4. The summed E-state index contributed by atoms with van der Waals surface area (Å²) in [5.74, 6) is 0. The zero-order valence-electron chi connectivity index (χ0n) is 10.9. The summed E-state index contributed by atoms with van der Waals surface area (Å²) in [6.07, 6.45) is 2.04. The average molecular weight is 390 g/mol. The van der Waals surface area contributed by atoms with Gasteiger partial charge in [0.05, 0.1) is 6.26 Å². The van der Waals surface area contributed by atoms with E-state index in [4.69, 9.17) is 11.6 Å². The van der Waals surface area contributed by atoms with Gasteiger partial charge in [0.1, 0.15) is 4.34 Å². The molecule has 0 amide bonds. The van der Waals surface area contributed by atoms with E-state index in [9.17, 15) is 8.42 Å². The maximum atomic E-state index is 11.4. The summed E-state index contributed by atoms with van der Waals surface area (Å²) < 4.78 is 25.9. The lowest BCUT2D eigenvalue weighted by Gasteiger charge is -2.17. The summed E-state index contributed by atoms with van der Waals surface area (Å²) in [5, 5.41) is 3.28. The quantitative estimate of drug-likeness (QED) is 0.695. The molecule has 4 nitrogen and oxygen atoms in total. The molecule has 8 heteroatoms. The lowest BCUT2D eigenvalue weighted by molar-refractivity contribution is 0.419. The first-order valence-corrected chi connectivity index (χ1v) is 9.77. The Balaban J connectivity index is 2.24. The summed E-state index contributed by atoms with van der Waals surface area (Å²) >= 11 is 10.9. The smallest absolute Gasteiger partial charge is 0.211 e. The van der Waals surface area contributed by atoms with Crippen molar-refractivity contribution in [3.05, 3.63) is 19.8 Å². The van der Waals surface area contributed by atoms with Crippen molar-refractivity contribution >= 4 is 48.9 Å². The van der Waals surface area contributed by atoms with Crippen LogP contribution in [0.1, 0.15) is 18.2 Å². The average Bonchev–Trinajstić information content (AvgIpc) is 2.61. The van der Waals surface area contributed by atoms with Crippen LogP contribution in [-0.2, 0) is 16.6 Å². The third-order valence-electron chi connectivity index (χ3n) is 2.58. The molecule has 0 aromatic carbocycles. The van der Waals surface area contributed by atoms with Crippen LogP contribution in [0.25, 0.3) is 0 Å². The van der Waals surface area contributed by atoms with Crippen molar-refractivity contribution < 1.29 is 8.42 Å². The first-order chi connectivity index (χ1) is 8.84. The molecule has 0 aliphatic heterocycles. The highest BCUT2D eigenvalue weighted by Gasteiger charge is 2.13. The van der Waals surface area contributed by atoms with E-state index in [0.29, 0.717) is 13.1 Å². The molecule has 1 rings (SSSR count). The van der Waals surface area contributed by atoms with Crippen LogP contribution in [0.3, 0.4) is 0 Å². The number of rotatable bonds is 8. The number of halogens is 2. The van der Waals surface area contributed by atoms with Crippen molar-refractivity contribution in [3.63, 3.8) is 0 Å². The minimum Gasteiger partial charge on any atom is -0.312 e. The maximum Gasteiger partial charge on any atom is 0.211 e. The van der Waals surface area contributed by atoms with Gasteiger partial charge in [0.2, 0.25) is 10.0 Å². The highest BCUT2D eigenvalue weighted by molar-refractivity contribution is 9.10. The molecule has 1 aromatic rings. The molecule has 0 aliphatic rings. The van der Waals surface area contributed by atoms with E-state index in [0.717, 1.165) is 33.2 Å². The van der Waals surface area contributed by atoms with Gasteiger partial charge in [0.15, 0.2) is 0 Å². The molecule has 0 saturated carbocycles. The van der Waals surface area contributed by atoms with Gasteiger partial charge in [0, 0.05) is 29.0 Å². The van der Waals surface area contributed by atoms with Gasteiger partial charge in [-0.3, -0.25) is 0 Å². The first kappa shape index (κ1) is 17.4. The van der Waals surface area contributed by atoms with Gasteiger partial charge in [-0.25, -0.2) is 12.7 Å². The first-order valence-electron chi connectivity index (χ1n) is 5.94. The number of hydrogen-bond acceptors (Lipinski definition) is 4. The second-order valence-corrected chi connectivity index (χ2v) is 8.69. The van der Waals surface area contributed by atoms with Crippen molar-refractivity contribution in [1.29, 1.82) is 0 Å². The Bertz CT molecular complexity index is 485. The molecule has 1 heterocycles. The van der Waals surface area contributed by atoms with E-state index in [2.05, 4.69) is 21.2 Å². The maximum absolute atomic E-state index is 11.4. The molecule has 0 aliphatic carbocycles. The van der Waals surface area contributed by atoms with Gasteiger partial charge in [-0.15, -0.1) is 11.3 Å². The molecule has 1 N–H and O–H groups in total. The fraction of sp³-hybridized carbons (Fsp3) is 0.636. The number of nitrogens with zero attached hydrogens (tertiary/aromatic N) is 1. The predicted octanol–water partition coefficient (Wildman–Crippen LogP) is 2.93. The number of nitrogens with one attached hydrogen (secondary N) is 1. The summed E-state index contributed by atoms with van der Waals surface area (Å²) in [6.45, 7) is 4.45. The number of thiophene rings is 1. The molecule has 0 radical (unpaired) electrons. The number of sulfonamides is 1. The molecule has 1 aromatic heterocycles. The fourth-order valence-corrected chi connectivity index (χ4v) is 4.32. The van der Waals surface area contributed by atoms with Gasteiger partial charge in [0.25, 0.3) is 0 Å². The van der Waals surface area contributed by atoms with Crippen molar-refractivity contribution in [2.24, 2.45) is 0 Å². The third kappa shape index (κ3) is 6.10. The second kappa shape index (κ2) is 7.95. The molecule has 0 atom stereocenters. The standard InChI is InChI=1S/C11H18BrClN2O2S2/c1-3-15(19(2,16)17)6-4-5-14-8-9-7-10(12)11(13)18-9/h7,14H,3-6,8H2,1-2H3. The molecule has 0 bridgehead atoms. The highest BCUT2D eigenvalue weighted by atomic mass is 79.9. The molecule has 0 fully saturated rings. The lowest BCUT2D eigenvalue weighted by Crippen LogP contribution is -2.32. The zero-order chi connectivity index (χ0) is 14.5. The van der Waals surface area contributed by atoms with Crippen LogP contribution in [0.2, 0.25) is 4.34 Å². The van der Waals surface area contributed by atoms with Crippen LogP contribution in [0.5, 0.6) is 0 Å². The Morgan fingerprint density at radius 2 is 2.21 bits per heavy atom. The van der Waals surface area contributed by atoms with E-state index in [1.165, 1.54) is 21.9 Å². The fourth-order valence-electron chi connectivity index (χ4n) is 1.63. The number of hydrogen-bond donors (Lipinski definition) is 1. The van der Waals surface area contributed by atoms with Crippen LogP contribution in [0, 0.1) is 0 Å². The molecular formula is C11H18BrClN2O2S2. The SMILES string of the molecule is CCN(CCCNCc1cc(Br)c(Cl)s1)S(C)(=O)=O. The van der Waals surface area contributed by atoms with Crippen LogP contribution in [0.15, 0.2) is 10.5 Å². The Morgan fingerprint density at radius 1 is 1.53 bits per heavy atom. The van der Waals surface area contributed by atoms with E-state index in [1.54, 1.807) is 0 Å². The van der Waals surface area contributed by atoms with Crippen molar-refractivity contribution in [1.82, 2.24) is 9.62 Å². The highest BCUT2D eigenvalue weighted by Crippen LogP contribution is 2.31. The minimum atomic E-state index is -3.07. The summed E-state index contributed by atoms with van der Waals surface area (Å²) in [5.41, 5.74) is 0.